The highest BCUT2D eigenvalue weighted by Gasteiger charge is 2.54. The minimum absolute atomic E-state index is 0.0835. The lowest BCUT2D eigenvalue weighted by molar-refractivity contribution is -0.144. The van der Waals surface area contributed by atoms with E-state index in [0.717, 1.165) is 11.6 Å². The van der Waals surface area contributed by atoms with E-state index in [2.05, 4.69) is 49.5 Å². The largest absolute Gasteiger partial charge is 0.444 e. The Morgan fingerprint density at radius 3 is 2.22 bits per heavy atom. The Hall–Kier alpha value is -4.73. The average Bonchev–Trinajstić information content (AvgIpc) is 3.79. The lowest BCUT2D eigenvalue weighted by Crippen LogP contribution is -2.63. The van der Waals surface area contributed by atoms with Gasteiger partial charge in [0.15, 0.2) is 8.32 Å². The molecule has 7 atom stereocenters. The number of nitrogens with zero attached hydrogens (tertiary/aromatic N) is 3. The van der Waals surface area contributed by atoms with E-state index in [-0.39, 0.29) is 67.3 Å². The fraction of sp³-hybridized carbons (Fsp3) is 0.580. The lowest BCUT2D eigenvalue weighted by Gasteiger charge is -2.45. The van der Waals surface area contributed by atoms with E-state index < -0.39 is 73.4 Å². The van der Waals surface area contributed by atoms with Crippen molar-refractivity contribution in [3.63, 3.8) is 0 Å². The van der Waals surface area contributed by atoms with E-state index in [0.29, 0.717) is 25.0 Å². The van der Waals surface area contributed by atoms with Crippen molar-refractivity contribution in [2.24, 2.45) is 5.92 Å². The SMILES string of the molecule is CC[C@@H](C)[C@@]1(NC(C)=O)CCN([C@@H](CCc2ccccc2)C(=O)N[C@@H](Cc2cc(F)cc(F)c2)[C@H](O[Si](C)(C)C(C)(C)C)[C@H]2C[C@@H](OCc3ccccn3)CN2C(=O)OC(C)(C)C)C1=O. The van der Waals surface area contributed by atoms with E-state index in [4.69, 9.17) is 13.9 Å². The normalized spacial score (nSPS) is 21.2. The molecule has 0 bridgehead atoms. The predicted octanol–water partition coefficient (Wildman–Crippen LogP) is 8.53. The van der Waals surface area contributed by atoms with Gasteiger partial charge >= 0.3 is 6.09 Å². The number of benzene rings is 2. The fourth-order valence-corrected chi connectivity index (χ4v) is 10.1. The number of aromatic nitrogens is 1. The molecular weight excluding hydrogens is 849 g/mol. The molecule has 65 heavy (non-hydrogen) atoms. The fourth-order valence-electron chi connectivity index (χ4n) is 8.73. The zero-order valence-electron chi connectivity index (χ0n) is 40.2. The molecular formula is C50H71F2N5O7Si. The topological polar surface area (TPSA) is 139 Å². The zero-order chi connectivity index (χ0) is 47.9. The van der Waals surface area contributed by atoms with Crippen LogP contribution in [0.25, 0.3) is 0 Å². The van der Waals surface area contributed by atoms with Gasteiger partial charge in [0.25, 0.3) is 0 Å². The highest BCUT2D eigenvalue weighted by molar-refractivity contribution is 6.74. The van der Waals surface area contributed by atoms with Crippen molar-refractivity contribution in [3.8, 4) is 0 Å². The van der Waals surface area contributed by atoms with Crippen LogP contribution in [0.2, 0.25) is 18.1 Å². The number of amides is 4. The van der Waals surface area contributed by atoms with Gasteiger partial charge in [-0.05, 0) is 112 Å². The minimum Gasteiger partial charge on any atom is -0.444 e. The van der Waals surface area contributed by atoms with Gasteiger partial charge < -0.3 is 29.4 Å². The molecule has 3 heterocycles. The minimum atomic E-state index is -2.80. The van der Waals surface area contributed by atoms with Crippen LogP contribution in [0.3, 0.4) is 0 Å². The molecule has 0 spiro atoms. The molecule has 0 unspecified atom stereocenters. The van der Waals surface area contributed by atoms with Gasteiger partial charge in [0, 0.05) is 25.7 Å². The van der Waals surface area contributed by atoms with Crippen molar-refractivity contribution < 1.29 is 41.9 Å². The van der Waals surface area contributed by atoms with Crippen LogP contribution in [0, 0.1) is 17.6 Å². The maximum Gasteiger partial charge on any atom is 0.410 e. The molecule has 3 aromatic rings. The number of rotatable bonds is 18. The van der Waals surface area contributed by atoms with Crippen molar-refractivity contribution >= 4 is 32.1 Å². The van der Waals surface area contributed by atoms with E-state index in [1.165, 1.54) is 19.1 Å². The van der Waals surface area contributed by atoms with Crippen molar-refractivity contribution in [1.29, 1.82) is 0 Å². The molecule has 2 saturated heterocycles. The number of ether oxygens (including phenoxy) is 2. The average molecular weight is 920 g/mol. The summed E-state index contributed by atoms with van der Waals surface area (Å²) >= 11 is 0. The van der Waals surface area contributed by atoms with Gasteiger partial charge in [-0.2, -0.15) is 0 Å². The Morgan fingerprint density at radius 1 is 0.969 bits per heavy atom. The Kier molecular flexibility index (Phi) is 16.8. The van der Waals surface area contributed by atoms with Gasteiger partial charge in [-0.15, -0.1) is 0 Å². The Bertz CT molecular complexity index is 2080. The van der Waals surface area contributed by atoms with E-state index >= 15 is 13.6 Å². The number of aryl methyl sites for hydroxylation is 1. The summed E-state index contributed by atoms with van der Waals surface area (Å²) in [6.07, 6.45) is 1.45. The number of nitrogens with one attached hydrogen (secondary N) is 2. The Morgan fingerprint density at radius 2 is 1.63 bits per heavy atom. The molecule has 4 amide bonds. The number of hydrogen-bond acceptors (Lipinski definition) is 8. The van der Waals surface area contributed by atoms with Gasteiger partial charge in [-0.3, -0.25) is 24.3 Å². The number of hydrogen-bond donors (Lipinski definition) is 2. The summed E-state index contributed by atoms with van der Waals surface area (Å²) in [6, 6.07) is 15.7. The van der Waals surface area contributed by atoms with Gasteiger partial charge in [-0.25, -0.2) is 13.6 Å². The first-order valence-corrected chi connectivity index (χ1v) is 25.9. The van der Waals surface area contributed by atoms with Crippen LogP contribution in [0.15, 0.2) is 72.9 Å². The second kappa shape index (κ2) is 21.3. The molecule has 15 heteroatoms. The van der Waals surface area contributed by atoms with Crippen LogP contribution in [-0.2, 0) is 47.7 Å². The smallest absolute Gasteiger partial charge is 0.410 e. The summed E-state index contributed by atoms with van der Waals surface area (Å²) in [4.78, 5) is 64.8. The number of halogens is 2. The second-order valence-corrected chi connectivity index (χ2v) is 25.1. The summed E-state index contributed by atoms with van der Waals surface area (Å²) in [5.41, 5.74) is -0.122. The van der Waals surface area contributed by atoms with Crippen LogP contribution in [0.1, 0.15) is 105 Å². The quantitative estimate of drug-likeness (QED) is 0.121. The van der Waals surface area contributed by atoms with Gasteiger partial charge in [0.2, 0.25) is 17.7 Å². The number of pyridine rings is 1. The molecule has 0 aliphatic carbocycles. The summed E-state index contributed by atoms with van der Waals surface area (Å²) in [7, 11) is -2.80. The standard InChI is InChI=1S/C50H71F2N5O7Si/c1-12-33(2)50(55-34(3)58)23-25-56(46(50)60)42(22-21-35-18-14-13-15-19-35)45(59)54-41(28-36-26-37(51)29-38(52)27-36)44(64-65(10,11)49(7,8)9)43-30-40(62-32-39-20-16-17-24-53-39)31-57(43)47(61)63-48(4,5)6/h13-20,24,26-27,29,33,40-44H,12,21-23,25,28,30-32H2,1-11H3,(H,54,59)(H,55,58)/t33-,40-,41+,42+,43-,44+,50+/m1/s1. The van der Waals surface area contributed by atoms with Crippen LogP contribution in [0.4, 0.5) is 13.6 Å². The van der Waals surface area contributed by atoms with E-state index in [1.54, 1.807) is 36.8 Å². The van der Waals surface area contributed by atoms with Crippen LogP contribution >= 0.6 is 0 Å². The molecule has 2 aliphatic rings. The summed E-state index contributed by atoms with van der Waals surface area (Å²) in [5, 5.41) is 5.91. The Labute approximate surface area is 385 Å². The number of carbonyl (C=O) groups excluding carboxylic acids is 4. The van der Waals surface area contributed by atoms with Crippen LogP contribution < -0.4 is 10.6 Å². The van der Waals surface area contributed by atoms with E-state index in [9.17, 15) is 14.4 Å². The summed E-state index contributed by atoms with van der Waals surface area (Å²) in [6.45, 7) is 21.6. The molecule has 2 N–H and O–H groups in total. The summed E-state index contributed by atoms with van der Waals surface area (Å²) in [5.74, 6) is -2.97. The molecule has 1 aromatic heterocycles. The molecule has 12 nitrogen and oxygen atoms in total. The molecule has 2 fully saturated rings. The van der Waals surface area contributed by atoms with Crippen molar-refractivity contribution in [1.82, 2.24) is 25.4 Å². The number of carbonyl (C=O) groups is 4. The zero-order valence-corrected chi connectivity index (χ0v) is 41.2. The molecule has 5 rings (SSSR count). The monoisotopic (exact) mass is 920 g/mol. The predicted molar refractivity (Wildman–Crippen MR) is 249 cm³/mol. The van der Waals surface area contributed by atoms with Crippen molar-refractivity contribution in [2.75, 3.05) is 13.1 Å². The van der Waals surface area contributed by atoms with E-state index in [1.807, 2.05) is 62.4 Å². The first-order chi connectivity index (χ1) is 30.4. The van der Waals surface area contributed by atoms with Crippen LogP contribution in [0.5, 0.6) is 0 Å². The van der Waals surface area contributed by atoms with Crippen molar-refractivity contribution in [2.45, 2.75) is 167 Å². The number of likely N-dealkylation sites (tertiary alicyclic amines) is 2. The highest BCUT2D eigenvalue weighted by Crippen LogP contribution is 2.41. The summed E-state index contributed by atoms with van der Waals surface area (Å²) < 4.78 is 49.9. The third-order valence-corrected chi connectivity index (χ3v) is 17.8. The molecule has 2 aromatic carbocycles. The molecule has 0 saturated carbocycles. The maximum absolute atomic E-state index is 15.4. The highest BCUT2D eigenvalue weighted by atomic mass is 28.4. The first kappa shape index (κ1) is 51.3. The molecule has 356 valence electrons. The third-order valence-electron chi connectivity index (χ3n) is 13.3. The molecule has 2 aliphatic heterocycles. The third kappa shape index (κ3) is 13.2. The maximum atomic E-state index is 15.4. The van der Waals surface area contributed by atoms with Gasteiger partial charge in [0.1, 0.15) is 28.8 Å². The molecule has 0 radical (unpaired) electrons. The van der Waals surface area contributed by atoms with Gasteiger partial charge in [-0.1, -0.05) is 77.4 Å². The van der Waals surface area contributed by atoms with Gasteiger partial charge in [0.05, 0.1) is 43.1 Å². The first-order valence-electron chi connectivity index (χ1n) is 23.0. The van der Waals surface area contributed by atoms with Crippen LogP contribution in [-0.4, -0.2) is 101 Å². The second-order valence-electron chi connectivity index (χ2n) is 20.4. The van der Waals surface area contributed by atoms with Crippen molar-refractivity contribution in [3.05, 3.63) is 101 Å². The lowest BCUT2D eigenvalue weighted by atomic mass is 9.81. The Balaban J connectivity index is 1.63.